The maximum Gasteiger partial charge on any atom is 0.411 e. The second kappa shape index (κ2) is 21.1. The fourth-order valence-corrected chi connectivity index (χ4v) is 1.48. The predicted molar refractivity (Wildman–Crippen MR) is 109 cm³/mol. The Hall–Kier alpha value is -5.42. The second-order valence-corrected chi connectivity index (χ2v) is 5.40. The molecule has 37 heavy (non-hydrogen) atoms. The first-order valence-electron chi connectivity index (χ1n) is 9.54. The molecular formula is C16H21N7O14. The van der Waals surface area contributed by atoms with E-state index in [0.29, 0.717) is 0 Å². The zero-order valence-electron chi connectivity index (χ0n) is 18.8. The van der Waals surface area contributed by atoms with Gasteiger partial charge in [-0.3, -0.25) is 4.79 Å². The van der Waals surface area contributed by atoms with Gasteiger partial charge in [0.2, 0.25) is 32.5 Å². The first kappa shape index (κ1) is 31.6. The minimum atomic E-state index is -1.08. The topological polar surface area (TPSA) is 277 Å². The Bertz CT molecular complexity index is 815. The molecule has 0 aromatic rings. The van der Waals surface area contributed by atoms with Crippen molar-refractivity contribution in [3.05, 3.63) is 0 Å². The van der Waals surface area contributed by atoms with E-state index in [1.807, 2.05) is 16.0 Å². The van der Waals surface area contributed by atoms with E-state index >= 15 is 0 Å². The van der Waals surface area contributed by atoms with Crippen LogP contribution in [0.2, 0.25) is 0 Å². The summed E-state index contributed by atoms with van der Waals surface area (Å²) in [6, 6.07) is 0. The fraction of sp³-hybridized carbons (Fsp3) is 0.500. The highest BCUT2D eigenvalue weighted by Crippen LogP contribution is 1.89. The van der Waals surface area contributed by atoms with Crippen molar-refractivity contribution in [1.29, 1.82) is 0 Å². The number of aliphatic imine (C=N–C) groups is 2. The number of alkyl carbamates (subject to hydrolysis) is 5. The van der Waals surface area contributed by atoms with Crippen LogP contribution < -0.4 is 26.6 Å². The van der Waals surface area contributed by atoms with Crippen LogP contribution in [0.5, 0.6) is 0 Å². The summed E-state index contributed by atoms with van der Waals surface area (Å²) in [5, 5.41) is 10.3. The summed E-state index contributed by atoms with van der Waals surface area (Å²) < 4.78 is 26.8. The van der Waals surface area contributed by atoms with Gasteiger partial charge >= 0.3 is 36.4 Å². The monoisotopic (exact) mass is 535 g/mol. The van der Waals surface area contributed by atoms with E-state index in [9.17, 15) is 38.4 Å². The number of amides is 5. The van der Waals surface area contributed by atoms with Crippen molar-refractivity contribution in [3.63, 3.8) is 0 Å². The standard InChI is InChI=1S/C16H21N7O14/c24-6-17-3-20-13(28)35-9-34-12(27)19-2-1-11(26)32-8-33-15(30)22-5-23-16(31)37-10-36-14(29)21-4-18-7-25/h1-5,8-10H2,(H,19,27)(H,20,28)(H,21,29)(H,22,30)(H,23,31). The third-order valence-electron chi connectivity index (χ3n) is 2.97. The Morgan fingerprint density at radius 1 is 0.541 bits per heavy atom. The highest BCUT2D eigenvalue weighted by molar-refractivity contribution is 5.73. The van der Waals surface area contributed by atoms with Crippen molar-refractivity contribution in [2.45, 2.75) is 6.42 Å². The van der Waals surface area contributed by atoms with Crippen molar-refractivity contribution in [3.8, 4) is 0 Å². The quantitative estimate of drug-likeness (QED) is 0.0497. The average molecular weight is 535 g/mol. The van der Waals surface area contributed by atoms with Crippen LogP contribution in [0.3, 0.4) is 0 Å². The largest absolute Gasteiger partial charge is 0.428 e. The first-order chi connectivity index (χ1) is 17.8. The number of rotatable bonds is 15. The van der Waals surface area contributed by atoms with E-state index in [2.05, 4.69) is 49.0 Å². The molecule has 21 nitrogen and oxygen atoms in total. The molecule has 21 heteroatoms. The van der Waals surface area contributed by atoms with Crippen LogP contribution in [0.15, 0.2) is 9.98 Å². The van der Waals surface area contributed by atoms with E-state index in [0.717, 1.165) is 0 Å². The summed E-state index contributed by atoms with van der Waals surface area (Å²) in [6.07, 6.45) is -3.18. The Morgan fingerprint density at radius 3 is 1.35 bits per heavy atom. The van der Waals surface area contributed by atoms with E-state index in [4.69, 9.17) is 0 Å². The molecule has 0 radical (unpaired) electrons. The van der Waals surface area contributed by atoms with Crippen molar-refractivity contribution in [2.24, 2.45) is 9.98 Å². The third-order valence-corrected chi connectivity index (χ3v) is 2.97. The van der Waals surface area contributed by atoms with Gasteiger partial charge in [0.1, 0.15) is 13.3 Å². The number of carbonyl (C=O) groups excluding carboxylic acids is 8. The molecule has 0 rings (SSSR count). The van der Waals surface area contributed by atoms with Gasteiger partial charge in [-0.25, -0.2) is 33.6 Å². The van der Waals surface area contributed by atoms with Crippen molar-refractivity contribution in [1.82, 2.24) is 26.6 Å². The normalized spacial score (nSPS) is 8.97. The number of isocyanates is 2. The van der Waals surface area contributed by atoms with Gasteiger partial charge in [-0.1, -0.05) is 0 Å². The van der Waals surface area contributed by atoms with Gasteiger partial charge < -0.3 is 55.0 Å². The van der Waals surface area contributed by atoms with Gasteiger partial charge in [0.05, 0.1) is 13.1 Å². The van der Waals surface area contributed by atoms with Crippen LogP contribution in [0.4, 0.5) is 24.0 Å². The zero-order chi connectivity index (χ0) is 27.7. The minimum absolute atomic E-state index is 0.228. The number of nitrogens with one attached hydrogen (secondary N) is 5. The Morgan fingerprint density at radius 2 is 0.919 bits per heavy atom. The van der Waals surface area contributed by atoms with E-state index in [-0.39, 0.29) is 26.3 Å². The van der Waals surface area contributed by atoms with E-state index in [1.54, 1.807) is 0 Å². The highest BCUT2D eigenvalue weighted by atomic mass is 16.7. The lowest BCUT2D eigenvalue weighted by Gasteiger charge is -2.10. The lowest BCUT2D eigenvalue weighted by atomic mass is 10.4. The average Bonchev–Trinajstić information content (AvgIpc) is 2.84. The summed E-state index contributed by atoms with van der Waals surface area (Å²) in [5.74, 6) is -0.858. The second-order valence-electron chi connectivity index (χ2n) is 5.40. The van der Waals surface area contributed by atoms with Gasteiger partial charge in [-0.05, 0) is 0 Å². The van der Waals surface area contributed by atoms with Crippen LogP contribution in [0, 0.1) is 0 Å². The number of hydrogen-bond donors (Lipinski definition) is 5. The molecule has 0 bridgehead atoms. The summed E-state index contributed by atoms with van der Waals surface area (Å²) in [6.45, 7) is -3.75. The molecule has 0 atom stereocenters. The number of esters is 1. The van der Waals surface area contributed by atoms with E-state index < -0.39 is 63.5 Å². The molecule has 0 saturated heterocycles. The molecule has 0 aromatic heterocycles. The molecule has 5 N–H and O–H groups in total. The molecule has 0 spiro atoms. The molecule has 0 aliphatic rings. The van der Waals surface area contributed by atoms with Crippen LogP contribution in [0.25, 0.3) is 0 Å². The third kappa shape index (κ3) is 20.9. The van der Waals surface area contributed by atoms with Gasteiger partial charge in [-0.2, -0.15) is 9.98 Å². The predicted octanol–water partition coefficient (Wildman–Crippen LogP) is -2.03. The van der Waals surface area contributed by atoms with Crippen molar-refractivity contribution < 1.29 is 66.8 Å². The number of ether oxygens (including phenoxy) is 6. The lowest BCUT2D eigenvalue weighted by molar-refractivity contribution is -0.151. The number of nitrogens with zero attached hydrogens (tertiary/aromatic N) is 2. The van der Waals surface area contributed by atoms with Gasteiger partial charge in [-0.15, -0.1) is 0 Å². The first-order valence-corrected chi connectivity index (χ1v) is 9.54. The van der Waals surface area contributed by atoms with Crippen molar-refractivity contribution >= 4 is 48.6 Å². The van der Waals surface area contributed by atoms with Crippen LogP contribution in [-0.4, -0.2) is 95.5 Å². The molecule has 0 unspecified atom stereocenters. The molecule has 0 aromatic carbocycles. The summed E-state index contributed by atoms with van der Waals surface area (Å²) >= 11 is 0. The molecular weight excluding hydrogens is 514 g/mol. The smallest absolute Gasteiger partial charge is 0.411 e. The molecule has 204 valence electrons. The van der Waals surface area contributed by atoms with E-state index in [1.165, 1.54) is 12.2 Å². The summed E-state index contributed by atoms with van der Waals surface area (Å²) in [4.78, 5) is 93.2. The van der Waals surface area contributed by atoms with Gasteiger partial charge in [0, 0.05) is 6.54 Å². The summed E-state index contributed by atoms with van der Waals surface area (Å²) in [5.41, 5.74) is 0. The zero-order valence-corrected chi connectivity index (χ0v) is 18.8. The maximum absolute atomic E-state index is 11.5. The molecule has 5 amide bonds. The molecule has 0 fully saturated rings. The van der Waals surface area contributed by atoms with Crippen LogP contribution in [-0.2, 0) is 42.8 Å². The molecule has 0 aliphatic heterocycles. The van der Waals surface area contributed by atoms with Crippen LogP contribution in [0.1, 0.15) is 6.42 Å². The fourth-order valence-electron chi connectivity index (χ4n) is 1.48. The lowest BCUT2D eigenvalue weighted by Crippen LogP contribution is -2.38. The number of carbonyl (C=O) groups is 6. The Balaban J connectivity index is 3.72. The molecule has 0 saturated carbocycles. The molecule has 0 aliphatic carbocycles. The van der Waals surface area contributed by atoms with Gasteiger partial charge in [0.15, 0.2) is 0 Å². The molecule has 0 heterocycles. The number of hydrogen-bond acceptors (Lipinski definition) is 16. The minimum Gasteiger partial charge on any atom is -0.428 e. The van der Waals surface area contributed by atoms with Gasteiger partial charge in [0.25, 0.3) is 0 Å². The van der Waals surface area contributed by atoms with Crippen molar-refractivity contribution in [2.75, 3.05) is 46.9 Å². The summed E-state index contributed by atoms with van der Waals surface area (Å²) in [7, 11) is 0. The SMILES string of the molecule is O=C=NCNC(=O)OCOC(=O)NCCC(=O)OCOC(=O)NCNC(=O)OCOC(=O)NCN=C=O. The highest BCUT2D eigenvalue weighted by Gasteiger charge is 2.10. The van der Waals surface area contributed by atoms with Crippen LogP contribution >= 0.6 is 0 Å². The Kier molecular flexibility index (Phi) is 18.0. The Labute approximate surface area is 206 Å². The maximum atomic E-state index is 11.5.